The van der Waals surface area contributed by atoms with Crippen LogP contribution in [0.4, 0.5) is 0 Å². The number of esters is 1. The molecule has 0 spiro atoms. The van der Waals surface area contributed by atoms with Crippen LogP contribution in [0.3, 0.4) is 0 Å². The fourth-order valence-corrected chi connectivity index (χ4v) is 4.38. The van der Waals surface area contributed by atoms with Gasteiger partial charge in [0.2, 0.25) is 0 Å². The number of para-hydroxylation sites is 1. The summed E-state index contributed by atoms with van der Waals surface area (Å²) in [4.78, 5) is 36.0. The first-order valence-electron chi connectivity index (χ1n) is 9.23. The number of hydrogen-bond donors (Lipinski definition) is 3. The lowest BCUT2D eigenvalue weighted by molar-refractivity contribution is -0.195. The van der Waals surface area contributed by atoms with E-state index in [9.17, 15) is 14.7 Å². The zero-order valence-electron chi connectivity index (χ0n) is 16.5. The van der Waals surface area contributed by atoms with Gasteiger partial charge in [-0.3, -0.25) is 4.79 Å². The zero-order chi connectivity index (χ0) is 20.5. The maximum Gasteiger partial charge on any atom is 0.336 e. The molecule has 0 amide bonds. The molecule has 0 radical (unpaired) electrons. The van der Waals surface area contributed by atoms with Gasteiger partial charge in [0.1, 0.15) is 12.0 Å². The first-order valence-corrected chi connectivity index (χ1v) is 9.23. The molecule has 8 nitrogen and oxygen atoms in total. The van der Waals surface area contributed by atoms with Crippen LogP contribution in [-0.4, -0.2) is 43.8 Å². The predicted octanol–water partition coefficient (Wildman–Crippen LogP) is 1.71. The van der Waals surface area contributed by atoms with E-state index in [1.165, 1.54) is 7.11 Å². The van der Waals surface area contributed by atoms with Crippen molar-refractivity contribution in [3.05, 3.63) is 40.6 Å². The first kappa shape index (κ1) is 20.2. The molecule has 3 rings (SSSR count). The maximum absolute atomic E-state index is 12.8. The molecule has 0 saturated heterocycles. The molecular weight excluding hydrogens is 364 g/mol. The third-order valence-electron chi connectivity index (χ3n) is 5.80. The summed E-state index contributed by atoms with van der Waals surface area (Å²) in [6.07, 6.45) is 0.302. The second-order valence-electron chi connectivity index (χ2n) is 7.21. The Bertz CT molecular complexity index is 821. The minimum absolute atomic E-state index is 0.274. The van der Waals surface area contributed by atoms with Crippen LogP contribution in [0.5, 0.6) is 5.75 Å². The largest absolute Gasteiger partial charge is 0.481 e. The van der Waals surface area contributed by atoms with Crippen LogP contribution in [0.2, 0.25) is 0 Å². The molecule has 0 bridgehead atoms. The average molecular weight is 390 g/mol. The third-order valence-corrected chi connectivity index (χ3v) is 5.80. The monoisotopic (exact) mass is 390 g/mol. The van der Waals surface area contributed by atoms with Crippen molar-refractivity contribution in [2.75, 3.05) is 20.7 Å². The summed E-state index contributed by atoms with van der Waals surface area (Å²) in [6.45, 7) is 4.33. The predicted molar refractivity (Wildman–Crippen MR) is 101 cm³/mol. The van der Waals surface area contributed by atoms with Crippen molar-refractivity contribution in [3.63, 3.8) is 0 Å². The van der Waals surface area contributed by atoms with E-state index in [1.807, 2.05) is 19.1 Å². The number of hydrogen-bond acceptors (Lipinski definition) is 7. The van der Waals surface area contributed by atoms with Gasteiger partial charge in [0, 0.05) is 28.8 Å². The van der Waals surface area contributed by atoms with Crippen molar-refractivity contribution in [1.82, 2.24) is 10.6 Å². The number of carbonyl (C=O) groups excluding carboxylic acids is 1. The molecule has 3 unspecified atom stereocenters. The SMILES string of the molecule is CNCCC1(C(=O)O)C(C)NC(C)=C(C(=O)OC)C1c1cccc2c1OOC2. The molecule has 152 valence electrons. The van der Waals surface area contributed by atoms with Crippen molar-refractivity contribution < 1.29 is 29.2 Å². The molecule has 2 aliphatic heterocycles. The van der Waals surface area contributed by atoms with Gasteiger partial charge >= 0.3 is 11.9 Å². The van der Waals surface area contributed by atoms with Crippen molar-refractivity contribution >= 4 is 11.9 Å². The van der Waals surface area contributed by atoms with Gasteiger partial charge in [-0.1, -0.05) is 18.2 Å². The average Bonchev–Trinajstić information content (AvgIpc) is 3.15. The Morgan fingerprint density at radius 2 is 2.18 bits per heavy atom. The van der Waals surface area contributed by atoms with E-state index in [1.54, 1.807) is 20.0 Å². The quantitative estimate of drug-likeness (QED) is 0.498. The summed E-state index contributed by atoms with van der Waals surface area (Å²) in [7, 11) is 3.06. The summed E-state index contributed by atoms with van der Waals surface area (Å²) in [5.74, 6) is -1.84. The molecule has 8 heteroatoms. The molecule has 28 heavy (non-hydrogen) atoms. The topological polar surface area (TPSA) is 106 Å². The van der Waals surface area contributed by atoms with Gasteiger partial charge in [0.25, 0.3) is 0 Å². The van der Waals surface area contributed by atoms with E-state index in [2.05, 4.69) is 10.6 Å². The zero-order valence-corrected chi connectivity index (χ0v) is 16.5. The Balaban J connectivity index is 2.31. The Morgan fingerprint density at radius 3 is 2.82 bits per heavy atom. The number of carboxylic acid groups (broad SMARTS) is 1. The first-order chi connectivity index (χ1) is 13.4. The van der Waals surface area contributed by atoms with Gasteiger partial charge < -0.3 is 25.4 Å². The third kappa shape index (κ3) is 3.02. The maximum atomic E-state index is 12.8. The minimum atomic E-state index is -1.30. The summed E-state index contributed by atoms with van der Waals surface area (Å²) >= 11 is 0. The van der Waals surface area contributed by atoms with E-state index >= 15 is 0 Å². The summed E-state index contributed by atoms with van der Waals surface area (Å²) in [5.41, 5.74) is 1.03. The summed E-state index contributed by atoms with van der Waals surface area (Å²) in [5, 5.41) is 16.6. The highest BCUT2D eigenvalue weighted by molar-refractivity contribution is 5.94. The molecule has 3 atom stereocenters. The van der Waals surface area contributed by atoms with Crippen LogP contribution < -0.4 is 15.5 Å². The fraction of sp³-hybridized carbons (Fsp3) is 0.500. The van der Waals surface area contributed by atoms with Crippen LogP contribution in [-0.2, 0) is 25.8 Å². The lowest BCUT2D eigenvalue weighted by Crippen LogP contribution is -2.57. The smallest absolute Gasteiger partial charge is 0.336 e. The second kappa shape index (κ2) is 7.81. The molecule has 2 aliphatic rings. The highest BCUT2D eigenvalue weighted by Gasteiger charge is 2.57. The lowest BCUT2D eigenvalue weighted by Gasteiger charge is -2.47. The lowest BCUT2D eigenvalue weighted by atomic mass is 9.60. The number of carboxylic acids is 1. The van der Waals surface area contributed by atoms with Crippen LogP contribution in [0.25, 0.3) is 0 Å². The number of aliphatic carboxylic acids is 1. The number of ether oxygens (including phenoxy) is 1. The molecule has 2 heterocycles. The van der Waals surface area contributed by atoms with Gasteiger partial charge in [-0.15, -0.1) is 0 Å². The molecule has 3 N–H and O–H groups in total. The molecule has 0 aliphatic carbocycles. The van der Waals surface area contributed by atoms with E-state index in [0.29, 0.717) is 35.5 Å². The number of nitrogens with one attached hydrogen (secondary N) is 2. The molecule has 0 fully saturated rings. The highest BCUT2D eigenvalue weighted by atomic mass is 17.2. The molecular formula is C20H26N2O6. The molecule has 1 aromatic carbocycles. The van der Waals surface area contributed by atoms with Crippen LogP contribution in [0.1, 0.15) is 37.3 Å². The number of benzene rings is 1. The van der Waals surface area contributed by atoms with Gasteiger partial charge in [0.15, 0.2) is 5.75 Å². The van der Waals surface area contributed by atoms with Crippen molar-refractivity contribution in [2.45, 2.75) is 38.8 Å². The van der Waals surface area contributed by atoms with E-state index < -0.39 is 29.3 Å². The number of rotatable bonds is 6. The standard InChI is InChI=1S/C20H26N2O6/c1-11-15(18(23)26-4)16(14-7-5-6-13-10-27-28-17(13)14)20(19(24)25,8-9-21-3)12(2)22-11/h5-7,12,16,21-22H,8-10H2,1-4H3,(H,24,25). The molecule has 0 saturated carbocycles. The Hall–Kier alpha value is -2.58. The number of fused-ring (bicyclic) bond motifs is 1. The van der Waals surface area contributed by atoms with Gasteiger partial charge in [-0.2, -0.15) is 4.89 Å². The van der Waals surface area contributed by atoms with Gasteiger partial charge in [0.05, 0.1) is 12.7 Å². The van der Waals surface area contributed by atoms with E-state index in [4.69, 9.17) is 14.5 Å². The normalized spacial score (nSPS) is 26.3. The van der Waals surface area contributed by atoms with E-state index in [0.717, 1.165) is 5.56 Å². The van der Waals surface area contributed by atoms with Crippen molar-refractivity contribution in [1.29, 1.82) is 0 Å². The van der Waals surface area contributed by atoms with Gasteiger partial charge in [-0.05, 0) is 33.9 Å². The molecule has 1 aromatic rings. The Labute approximate surface area is 163 Å². The minimum Gasteiger partial charge on any atom is -0.481 e. The molecule has 0 aromatic heterocycles. The van der Waals surface area contributed by atoms with Crippen molar-refractivity contribution in [3.8, 4) is 5.75 Å². The second-order valence-corrected chi connectivity index (χ2v) is 7.21. The van der Waals surface area contributed by atoms with Crippen molar-refractivity contribution in [2.24, 2.45) is 5.41 Å². The highest BCUT2D eigenvalue weighted by Crippen LogP contribution is 2.53. The Morgan fingerprint density at radius 1 is 1.43 bits per heavy atom. The van der Waals surface area contributed by atoms with E-state index in [-0.39, 0.29) is 6.61 Å². The summed E-state index contributed by atoms with van der Waals surface area (Å²) < 4.78 is 5.03. The number of methoxy groups -OCH3 is 1. The van der Waals surface area contributed by atoms with Crippen LogP contribution >= 0.6 is 0 Å². The van der Waals surface area contributed by atoms with Gasteiger partial charge in [-0.25, -0.2) is 4.79 Å². The van der Waals surface area contributed by atoms with Crippen LogP contribution in [0, 0.1) is 5.41 Å². The fourth-order valence-electron chi connectivity index (χ4n) is 4.38. The summed E-state index contributed by atoms with van der Waals surface area (Å²) in [6, 6.07) is 5.05. The number of allylic oxidation sites excluding steroid dienone is 1. The van der Waals surface area contributed by atoms with Crippen LogP contribution in [0.15, 0.2) is 29.5 Å². The number of carbonyl (C=O) groups is 2. The Kier molecular flexibility index (Phi) is 5.62.